The number of carbonyl (C=O) groups excluding carboxylic acids is 1. The monoisotopic (exact) mass is 316 g/mol. The third-order valence-corrected chi connectivity index (χ3v) is 4.51. The van der Waals surface area contributed by atoms with Crippen molar-refractivity contribution < 1.29 is 4.79 Å². The van der Waals surface area contributed by atoms with Crippen LogP contribution in [0, 0.1) is 12.8 Å². The summed E-state index contributed by atoms with van der Waals surface area (Å²) in [7, 11) is 0. The van der Waals surface area contributed by atoms with E-state index in [2.05, 4.69) is 10.2 Å². The molecule has 3 rings (SSSR count). The minimum Gasteiger partial charge on any atom is -0.384 e. The Bertz CT molecular complexity index is 640. The first-order valence-corrected chi connectivity index (χ1v) is 8.17. The fraction of sp³-hybridized carbons (Fsp3) is 0.562. The summed E-state index contributed by atoms with van der Waals surface area (Å²) in [6.07, 6.45) is 7.04. The summed E-state index contributed by atoms with van der Waals surface area (Å²) in [5.74, 6) is 1.32. The number of likely N-dealkylation sites (tertiary alicyclic amines) is 1. The number of carbonyl (C=O) groups is 1. The van der Waals surface area contributed by atoms with Crippen LogP contribution in [0.4, 0.5) is 5.82 Å². The molecule has 0 aliphatic carbocycles. The molecule has 1 amide bonds. The van der Waals surface area contributed by atoms with Crippen LogP contribution in [0.25, 0.3) is 0 Å². The Hall–Kier alpha value is -2.31. The van der Waals surface area contributed by atoms with Crippen LogP contribution in [0.5, 0.6) is 0 Å². The van der Waals surface area contributed by atoms with Gasteiger partial charge in [-0.05, 0) is 38.2 Å². The fourth-order valence-electron chi connectivity index (χ4n) is 3.14. The Balaban J connectivity index is 1.44. The number of amides is 1. The molecule has 0 atom stereocenters. The highest BCUT2D eigenvalue weighted by atomic mass is 16.2. The summed E-state index contributed by atoms with van der Waals surface area (Å²) in [5, 5.41) is 8.48. The van der Waals surface area contributed by atoms with E-state index in [0.29, 0.717) is 11.7 Å². The zero-order valence-electron chi connectivity index (χ0n) is 13.6. The van der Waals surface area contributed by atoms with Gasteiger partial charge in [0.25, 0.3) is 0 Å². The molecular formula is C16H24N6O. The van der Waals surface area contributed by atoms with Crippen molar-refractivity contribution in [3.05, 3.63) is 30.2 Å². The van der Waals surface area contributed by atoms with Crippen LogP contribution < -0.4 is 5.73 Å². The third-order valence-electron chi connectivity index (χ3n) is 4.51. The topological polar surface area (TPSA) is 82.0 Å². The van der Waals surface area contributed by atoms with Gasteiger partial charge in [-0.25, -0.2) is 4.68 Å². The number of hydrogen-bond acceptors (Lipinski definition) is 4. The molecule has 23 heavy (non-hydrogen) atoms. The molecule has 2 aromatic rings. The molecule has 0 unspecified atom stereocenters. The maximum atomic E-state index is 12.4. The Morgan fingerprint density at radius 2 is 2.17 bits per heavy atom. The molecule has 0 saturated carbocycles. The van der Waals surface area contributed by atoms with Crippen molar-refractivity contribution in [3.8, 4) is 0 Å². The van der Waals surface area contributed by atoms with E-state index in [4.69, 9.17) is 5.73 Å². The molecule has 1 aliphatic rings. The summed E-state index contributed by atoms with van der Waals surface area (Å²) in [6.45, 7) is 4.71. The minimum atomic E-state index is 0.102. The van der Waals surface area contributed by atoms with Crippen molar-refractivity contribution in [3.63, 3.8) is 0 Å². The number of nitrogen functional groups attached to an aromatic ring is 1. The first-order chi connectivity index (χ1) is 11.1. The summed E-state index contributed by atoms with van der Waals surface area (Å²) < 4.78 is 3.56. The average Bonchev–Trinajstić information content (AvgIpc) is 3.16. The number of hydrogen-bond donors (Lipinski definition) is 1. The minimum absolute atomic E-state index is 0.102. The SMILES string of the molecule is Cc1cc(N)n(CC(=O)N2CCC(CCn3cccn3)CC2)n1. The van der Waals surface area contributed by atoms with Crippen molar-refractivity contribution in [2.24, 2.45) is 5.92 Å². The summed E-state index contributed by atoms with van der Waals surface area (Å²) in [6, 6.07) is 3.73. The first-order valence-electron chi connectivity index (χ1n) is 8.17. The molecule has 0 aromatic carbocycles. The van der Waals surface area contributed by atoms with E-state index < -0.39 is 0 Å². The second kappa shape index (κ2) is 6.85. The van der Waals surface area contributed by atoms with Crippen LogP contribution in [-0.4, -0.2) is 43.5 Å². The first kappa shape index (κ1) is 15.6. The van der Waals surface area contributed by atoms with E-state index in [1.165, 1.54) is 0 Å². The quantitative estimate of drug-likeness (QED) is 0.901. The molecular weight excluding hydrogens is 292 g/mol. The van der Waals surface area contributed by atoms with Crippen molar-refractivity contribution >= 4 is 11.7 Å². The maximum Gasteiger partial charge on any atom is 0.244 e. The fourth-order valence-corrected chi connectivity index (χ4v) is 3.14. The van der Waals surface area contributed by atoms with Gasteiger partial charge < -0.3 is 10.6 Å². The highest BCUT2D eigenvalue weighted by Crippen LogP contribution is 2.21. The molecule has 2 N–H and O–H groups in total. The van der Waals surface area contributed by atoms with Crippen molar-refractivity contribution in [2.75, 3.05) is 18.8 Å². The second-order valence-electron chi connectivity index (χ2n) is 6.25. The third kappa shape index (κ3) is 3.91. The molecule has 1 fully saturated rings. The number of nitrogens with two attached hydrogens (primary N) is 1. The molecule has 124 valence electrons. The van der Waals surface area contributed by atoms with E-state index in [9.17, 15) is 4.79 Å². The number of nitrogens with zero attached hydrogens (tertiary/aromatic N) is 5. The van der Waals surface area contributed by atoms with E-state index in [-0.39, 0.29) is 12.5 Å². The zero-order valence-corrected chi connectivity index (χ0v) is 13.6. The highest BCUT2D eigenvalue weighted by Gasteiger charge is 2.23. The van der Waals surface area contributed by atoms with Crippen LogP contribution in [0.1, 0.15) is 25.0 Å². The van der Waals surface area contributed by atoms with E-state index in [0.717, 1.165) is 44.6 Å². The van der Waals surface area contributed by atoms with E-state index >= 15 is 0 Å². The zero-order chi connectivity index (χ0) is 16.2. The number of anilines is 1. The lowest BCUT2D eigenvalue weighted by Crippen LogP contribution is -2.40. The molecule has 7 nitrogen and oxygen atoms in total. The standard InChI is InChI=1S/C16H24N6O/c1-13-11-15(17)22(19-13)12-16(23)20-8-3-14(4-9-20)5-10-21-7-2-6-18-21/h2,6-7,11,14H,3-5,8-10,12,17H2,1H3. The maximum absolute atomic E-state index is 12.4. The lowest BCUT2D eigenvalue weighted by atomic mass is 9.93. The van der Waals surface area contributed by atoms with Gasteiger partial charge in [-0.3, -0.25) is 9.48 Å². The Morgan fingerprint density at radius 1 is 1.39 bits per heavy atom. The van der Waals surface area contributed by atoms with Gasteiger partial charge in [-0.2, -0.15) is 10.2 Å². The van der Waals surface area contributed by atoms with Crippen molar-refractivity contribution in [2.45, 2.75) is 39.3 Å². The molecule has 7 heteroatoms. The van der Waals surface area contributed by atoms with Gasteiger partial charge in [0.05, 0.1) is 5.69 Å². The molecule has 0 bridgehead atoms. The molecule has 0 spiro atoms. The highest BCUT2D eigenvalue weighted by molar-refractivity contribution is 5.76. The van der Waals surface area contributed by atoms with E-state index in [1.54, 1.807) is 10.7 Å². The van der Waals surface area contributed by atoms with E-state index in [1.807, 2.05) is 35.0 Å². The van der Waals surface area contributed by atoms with Gasteiger partial charge in [0, 0.05) is 38.1 Å². The normalized spacial score (nSPS) is 16.0. The van der Waals surface area contributed by atoms with Crippen LogP contribution in [0.15, 0.2) is 24.5 Å². The molecule has 2 aromatic heterocycles. The van der Waals surface area contributed by atoms with Crippen molar-refractivity contribution in [1.82, 2.24) is 24.5 Å². The van der Waals surface area contributed by atoms with Gasteiger partial charge in [0.1, 0.15) is 12.4 Å². The predicted molar refractivity (Wildman–Crippen MR) is 87.5 cm³/mol. The predicted octanol–water partition coefficient (Wildman–Crippen LogP) is 1.30. The largest absolute Gasteiger partial charge is 0.384 e. The van der Waals surface area contributed by atoms with Crippen LogP contribution >= 0.6 is 0 Å². The number of piperidine rings is 1. The van der Waals surface area contributed by atoms with Crippen LogP contribution in [0.3, 0.4) is 0 Å². The Morgan fingerprint density at radius 3 is 2.78 bits per heavy atom. The summed E-state index contributed by atoms with van der Waals surface area (Å²) >= 11 is 0. The summed E-state index contributed by atoms with van der Waals surface area (Å²) in [5.41, 5.74) is 6.69. The molecule has 0 radical (unpaired) electrons. The average molecular weight is 316 g/mol. The molecule has 1 saturated heterocycles. The lowest BCUT2D eigenvalue weighted by molar-refractivity contribution is -0.133. The van der Waals surface area contributed by atoms with Gasteiger partial charge in [0.2, 0.25) is 5.91 Å². The Labute approximate surface area is 136 Å². The number of rotatable bonds is 5. The van der Waals surface area contributed by atoms with Crippen LogP contribution in [0.2, 0.25) is 0 Å². The van der Waals surface area contributed by atoms with Crippen molar-refractivity contribution in [1.29, 1.82) is 0 Å². The van der Waals surface area contributed by atoms with Gasteiger partial charge in [-0.15, -0.1) is 0 Å². The van der Waals surface area contributed by atoms with Crippen LogP contribution in [-0.2, 0) is 17.9 Å². The number of aryl methyl sites for hydroxylation is 2. The van der Waals surface area contributed by atoms with Gasteiger partial charge in [0.15, 0.2) is 0 Å². The lowest BCUT2D eigenvalue weighted by Gasteiger charge is -2.32. The number of aromatic nitrogens is 4. The smallest absolute Gasteiger partial charge is 0.244 e. The molecule has 1 aliphatic heterocycles. The van der Waals surface area contributed by atoms with Gasteiger partial charge in [-0.1, -0.05) is 0 Å². The molecule has 3 heterocycles. The van der Waals surface area contributed by atoms with Gasteiger partial charge >= 0.3 is 0 Å². The second-order valence-corrected chi connectivity index (χ2v) is 6.25. The Kier molecular flexibility index (Phi) is 4.64. The summed E-state index contributed by atoms with van der Waals surface area (Å²) in [4.78, 5) is 14.3.